The van der Waals surface area contributed by atoms with Gasteiger partial charge in [-0.05, 0) is 36.8 Å². The van der Waals surface area contributed by atoms with Crippen LogP contribution in [0.2, 0.25) is 5.02 Å². The molecule has 0 saturated heterocycles. The topological polar surface area (TPSA) is 72.1 Å². The molecule has 1 amide bonds. The fourth-order valence-electron chi connectivity index (χ4n) is 2.26. The van der Waals surface area contributed by atoms with Crippen molar-refractivity contribution in [2.24, 2.45) is 0 Å². The van der Waals surface area contributed by atoms with Crippen LogP contribution < -0.4 is 4.90 Å². The summed E-state index contributed by atoms with van der Waals surface area (Å²) in [5.41, 5.74) is 1.43. The van der Waals surface area contributed by atoms with Gasteiger partial charge in [-0.15, -0.1) is 0 Å². The van der Waals surface area contributed by atoms with Crippen LogP contribution in [-0.2, 0) is 0 Å². The third-order valence-electron chi connectivity index (χ3n) is 3.36. The Bertz CT molecular complexity index is 835. The average Bonchev–Trinajstić information content (AvgIpc) is 3.10. The summed E-state index contributed by atoms with van der Waals surface area (Å²) in [6.45, 7) is 2.51. The third-order valence-corrected chi connectivity index (χ3v) is 3.59. The lowest BCUT2D eigenvalue weighted by Crippen LogP contribution is -2.31. The van der Waals surface area contributed by atoms with Gasteiger partial charge in [0, 0.05) is 35.2 Å². The number of hydrogen-bond acceptors (Lipinski definition) is 5. The van der Waals surface area contributed by atoms with Gasteiger partial charge >= 0.3 is 11.8 Å². The molecule has 3 rings (SSSR count). The summed E-state index contributed by atoms with van der Waals surface area (Å²) < 4.78 is 5.15. The number of halogens is 1. The lowest BCUT2D eigenvalue weighted by molar-refractivity contribution is 0.0944. The fourth-order valence-corrected chi connectivity index (χ4v) is 2.44. The van der Waals surface area contributed by atoms with E-state index in [1.807, 2.05) is 13.0 Å². The molecule has 3 aromatic rings. The lowest BCUT2D eigenvalue weighted by Gasteiger charge is -2.20. The van der Waals surface area contributed by atoms with Gasteiger partial charge < -0.3 is 9.42 Å². The Balaban J connectivity index is 1.90. The van der Waals surface area contributed by atoms with Crippen molar-refractivity contribution < 1.29 is 9.32 Å². The van der Waals surface area contributed by atoms with Crippen LogP contribution in [0.4, 0.5) is 5.69 Å². The van der Waals surface area contributed by atoms with Crippen molar-refractivity contribution in [3.8, 4) is 11.4 Å². The molecule has 0 aliphatic heterocycles. The van der Waals surface area contributed by atoms with E-state index < -0.39 is 0 Å². The van der Waals surface area contributed by atoms with Gasteiger partial charge in [-0.25, -0.2) is 0 Å². The number of nitrogens with zero attached hydrogens (tertiary/aromatic N) is 4. The Kier molecular flexibility index (Phi) is 4.86. The summed E-state index contributed by atoms with van der Waals surface area (Å²) in [6.07, 6.45) is 4.04. The molecule has 0 aliphatic rings. The SMILES string of the molecule is CCCN(C(=O)c1nc(-c2ccncc2)no1)c1cccc(Cl)c1. The van der Waals surface area contributed by atoms with Gasteiger partial charge in [-0.2, -0.15) is 4.98 Å². The van der Waals surface area contributed by atoms with E-state index in [1.165, 1.54) is 0 Å². The van der Waals surface area contributed by atoms with E-state index in [9.17, 15) is 4.79 Å². The predicted molar refractivity (Wildman–Crippen MR) is 90.9 cm³/mol. The first-order chi connectivity index (χ1) is 11.7. The van der Waals surface area contributed by atoms with Crippen molar-refractivity contribution >= 4 is 23.2 Å². The third kappa shape index (κ3) is 3.44. The standard InChI is InChI=1S/C17H15ClN4O2/c1-2-10-22(14-5-3-4-13(18)11-14)17(23)16-20-15(21-24-16)12-6-8-19-9-7-12/h3-9,11H,2,10H2,1H3. The largest absolute Gasteiger partial charge is 0.328 e. The molecule has 0 fully saturated rings. The molecule has 0 saturated carbocycles. The Hall–Kier alpha value is -2.73. The van der Waals surface area contributed by atoms with Gasteiger partial charge in [0.15, 0.2) is 0 Å². The molecule has 24 heavy (non-hydrogen) atoms. The quantitative estimate of drug-likeness (QED) is 0.704. The molecule has 2 heterocycles. The normalized spacial score (nSPS) is 10.6. The number of anilines is 1. The van der Waals surface area contributed by atoms with Crippen LogP contribution in [0.5, 0.6) is 0 Å². The molecular weight excluding hydrogens is 328 g/mol. The van der Waals surface area contributed by atoms with Gasteiger partial charge in [-0.3, -0.25) is 9.78 Å². The summed E-state index contributed by atoms with van der Waals surface area (Å²) in [5, 5.41) is 4.43. The molecule has 0 atom stereocenters. The number of carbonyl (C=O) groups excluding carboxylic acids is 1. The lowest BCUT2D eigenvalue weighted by atomic mass is 10.2. The number of aromatic nitrogens is 3. The molecule has 6 nitrogen and oxygen atoms in total. The molecule has 1 aromatic carbocycles. The first kappa shape index (κ1) is 16.1. The van der Waals surface area contributed by atoms with E-state index in [2.05, 4.69) is 15.1 Å². The van der Waals surface area contributed by atoms with Crippen molar-refractivity contribution in [3.05, 3.63) is 59.7 Å². The number of rotatable bonds is 5. The van der Waals surface area contributed by atoms with E-state index >= 15 is 0 Å². The number of pyridine rings is 1. The van der Waals surface area contributed by atoms with Crippen LogP contribution in [-0.4, -0.2) is 27.6 Å². The van der Waals surface area contributed by atoms with Crippen LogP contribution in [0.25, 0.3) is 11.4 Å². The Morgan fingerprint density at radius 1 is 1.25 bits per heavy atom. The molecule has 2 aromatic heterocycles. The highest BCUT2D eigenvalue weighted by Gasteiger charge is 2.23. The Labute approximate surface area is 144 Å². The average molecular weight is 343 g/mol. The van der Waals surface area contributed by atoms with Crippen LogP contribution in [0, 0.1) is 0 Å². The van der Waals surface area contributed by atoms with Gasteiger partial charge in [0.2, 0.25) is 5.82 Å². The van der Waals surface area contributed by atoms with E-state index in [0.717, 1.165) is 12.0 Å². The van der Waals surface area contributed by atoms with Gasteiger partial charge in [0.25, 0.3) is 0 Å². The molecule has 0 spiro atoms. The van der Waals surface area contributed by atoms with Crippen LogP contribution in [0.15, 0.2) is 53.3 Å². The number of carbonyl (C=O) groups is 1. The van der Waals surface area contributed by atoms with Gasteiger partial charge in [0.1, 0.15) is 0 Å². The van der Waals surface area contributed by atoms with E-state index in [0.29, 0.717) is 23.1 Å². The first-order valence-corrected chi connectivity index (χ1v) is 7.88. The van der Waals surface area contributed by atoms with Crippen molar-refractivity contribution in [3.63, 3.8) is 0 Å². The fraction of sp³-hybridized carbons (Fsp3) is 0.176. The molecule has 0 unspecified atom stereocenters. The van der Waals surface area contributed by atoms with Crippen molar-refractivity contribution in [2.45, 2.75) is 13.3 Å². The van der Waals surface area contributed by atoms with E-state index in [-0.39, 0.29) is 11.8 Å². The Morgan fingerprint density at radius 2 is 2.04 bits per heavy atom. The highest BCUT2D eigenvalue weighted by molar-refractivity contribution is 6.31. The Morgan fingerprint density at radius 3 is 2.75 bits per heavy atom. The molecule has 0 radical (unpaired) electrons. The highest BCUT2D eigenvalue weighted by Crippen LogP contribution is 2.22. The second-order valence-electron chi connectivity index (χ2n) is 5.10. The van der Waals surface area contributed by atoms with Crippen LogP contribution in [0.3, 0.4) is 0 Å². The zero-order valence-corrected chi connectivity index (χ0v) is 13.8. The summed E-state index contributed by atoms with van der Waals surface area (Å²) in [6, 6.07) is 10.6. The maximum atomic E-state index is 12.8. The first-order valence-electron chi connectivity index (χ1n) is 7.50. The minimum Gasteiger partial charge on any atom is -0.328 e. The predicted octanol–water partition coefficient (Wildman–Crippen LogP) is 3.84. The minimum absolute atomic E-state index is 0.0600. The van der Waals surface area contributed by atoms with Crippen LogP contribution >= 0.6 is 11.6 Å². The maximum absolute atomic E-state index is 12.8. The van der Waals surface area contributed by atoms with E-state index in [4.69, 9.17) is 16.1 Å². The molecule has 0 aliphatic carbocycles. The summed E-state index contributed by atoms with van der Waals surface area (Å²) in [4.78, 5) is 22.5. The smallest absolute Gasteiger partial charge is 0.316 e. The number of benzene rings is 1. The van der Waals surface area contributed by atoms with Crippen molar-refractivity contribution in [1.29, 1.82) is 0 Å². The zero-order valence-electron chi connectivity index (χ0n) is 13.0. The van der Waals surface area contributed by atoms with Crippen LogP contribution in [0.1, 0.15) is 24.0 Å². The number of amides is 1. The summed E-state index contributed by atoms with van der Waals surface area (Å²) >= 11 is 6.03. The van der Waals surface area contributed by atoms with Gasteiger partial charge in [0.05, 0.1) is 0 Å². The van der Waals surface area contributed by atoms with Gasteiger partial charge in [-0.1, -0.05) is 29.7 Å². The molecule has 7 heteroatoms. The summed E-state index contributed by atoms with van der Waals surface area (Å²) in [5.74, 6) is -0.0644. The molecule has 122 valence electrons. The molecular formula is C17H15ClN4O2. The monoisotopic (exact) mass is 342 g/mol. The zero-order chi connectivity index (χ0) is 16.9. The molecule has 0 bridgehead atoms. The summed E-state index contributed by atoms with van der Waals surface area (Å²) in [7, 11) is 0. The maximum Gasteiger partial charge on any atom is 0.316 e. The van der Waals surface area contributed by atoms with E-state index in [1.54, 1.807) is 47.6 Å². The minimum atomic E-state index is -0.355. The molecule has 0 N–H and O–H groups in total. The van der Waals surface area contributed by atoms with Crippen molar-refractivity contribution in [1.82, 2.24) is 15.1 Å². The second-order valence-corrected chi connectivity index (χ2v) is 5.53. The number of hydrogen-bond donors (Lipinski definition) is 0. The highest BCUT2D eigenvalue weighted by atomic mass is 35.5. The van der Waals surface area contributed by atoms with Crippen molar-refractivity contribution in [2.75, 3.05) is 11.4 Å². The second kappa shape index (κ2) is 7.23.